The van der Waals surface area contributed by atoms with Crippen molar-refractivity contribution in [3.8, 4) is 0 Å². The minimum Gasteiger partial charge on any atom is -0.390 e. The van der Waals surface area contributed by atoms with Crippen molar-refractivity contribution in [1.29, 1.82) is 0 Å². The van der Waals surface area contributed by atoms with Gasteiger partial charge < -0.3 is 5.11 Å². The maximum Gasteiger partial charge on any atom is 0.140 e. The third-order valence-corrected chi connectivity index (χ3v) is 10.7. The van der Waals surface area contributed by atoms with E-state index < -0.39 is 5.60 Å². The Morgan fingerprint density at radius 2 is 1.71 bits per heavy atom. The Morgan fingerprint density at radius 1 is 0.968 bits per heavy atom. The second kappa shape index (κ2) is 7.40. The predicted octanol–water partition coefficient (Wildman–Crippen LogP) is 6.35. The molecule has 170 valence electrons. The van der Waals surface area contributed by atoms with Gasteiger partial charge in [-0.2, -0.15) is 0 Å². The van der Waals surface area contributed by atoms with Crippen LogP contribution in [0.25, 0.3) is 0 Å². The Kier molecular flexibility index (Phi) is 5.16. The van der Waals surface area contributed by atoms with Gasteiger partial charge >= 0.3 is 0 Å². The number of benzene rings is 1. The standard InChI is InChI=1S/C28H39FO2/c1-26(31)14-15-27(2)19(17-26)8-9-20-21-10-11-23(28(21,3)13-12-22(20)27)25(30)16-18-6-4-5-7-24(18)29/h4-7,19-23,31H,8-17H2,1-3H3/t19-,20-,21-,22-,23+,26+,27-,28-/m0/s1. The minimum atomic E-state index is -0.488. The molecule has 4 aliphatic rings. The first kappa shape index (κ1) is 21.6. The number of carbonyl (C=O) groups excluding carboxylic acids is 1. The summed E-state index contributed by atoms with van der Waals surface area (Å²) < 4.78 is 14.2. The molecule has 4 aliphatic carbocycles. The summed E-state index contributed by atoms with van der Waals surface area (Å²) in [5, 5.41) is 10.7. The molecule has 3 heteroatoms. The molecule has 0 aromatic heterocycles. The van der Waals surface area contributed by atoms with Crippen LogP contribution < -0.4 is 0 Å². The fourth-order valence-corrected chi connectivity index (χ4v) is 8.91. The average molecular weight is 427 g/mol. The Labute approximate surface area is 187 Å². The van der Waals surface area contributed by atoms with E-state index in [4.69, 9.17) is 0 Å². The zero-order valence-corrected chi connectivity index (χ0v) is 19.5. The van der Waals surface area contributed by atoms with Gasteiger partial charge in [-0.05, 0) is 111 Å². The summed E-state index contributed by atoms with van der Waals surface area (Å²) in [4.78, 5) is 13.4. The van der Waals surface area contributed by atoms with Crippen LogP contribution in [0, 0.1) is 46.2 Å². The summed E-state index contributed by atoms with van der Waals surface area (Å²) in [7, 11) is 0. The minimum absolute atomic E-state index is 0.0763. The molecule has 0 spiro atoms. The monoisotopic (exact) mass is 426 g/mol. The van der Waals surface area contributed by atoms with Crippen LogP contribution in [0.2, 0.25) is 0 Å². The van der Waals surface area contributed by atoms with Crippen LogP contribution in [0.4, 0.5) is 4.39 Å². The van der Waals surface area contributed by atoms with Crippen molar-refractivity contribution in [2.45, 2.75) is 90.6 Å². The largest absolute Gasteiger partial charge is 0.390 e. The van der Waals surface area contributed by atoms with E-state index in [9.17, 15) is 14.3 Å². The molecular weight excluding hydrogens is 387 g/mol. The molecule has 0 amide bonds. The smallest absolute Gasteiger partial charge is 0.140 e. The van der Waals surface area contributed by atoms with E-state index in [0.717, 1.165) is 44.4 Å². The van der Waals surface area contributed by atoms with Crippen molar-refractivity contribution < 1.29 is 14.3 Å². The van der Waals surface area contributed by atoms with Gasteiger partial charge in [0.2, 0.25) is 0 Å². The number of fused-ring (bicyclic) bond motifs is 5. The fraction of sp³-hybridized carbons (Fsp3) is 0.750. The summed E-state index contributed by atoms with van der Waals surface area (Å²) in [6, 6.07) is 6.75. The van der Waals surface area contributed by atoms with Crippen LogP contribution in [0.15, 0.2) is 24.3 Å². The van der Waals surface area contributed by atoms with Gasteiger partial charge in [0.05, 0.1) is 5.60 Å². The third-order valence-electron chi connectivity index (χ3n) is 10.7. The zero-order valence-electron chi connectivity index (χ0n) is 19.5. The Bertz CT molecular complexity index is 862. The van der Waals surface area contributed by atoms with Crippen LogP contribution in [-0.2, 0) is 11.2 Å². The molecule has 31 heavy (non-hydrogen) atoms. The van der Waals surface area contributed by atoms with Gasteiger partial charge in [-0.1, -0.05) is 32.0 Å². The molecule has 2 nitrogen and oxygen atoms in total. The lowest BCUT2D eigenvalue weighted by molar-refractivity contribution is -0.150. The van der Waals surface area contributed by atoms with Gasteiger partial charge in [0.1, 0.15) is 11.6 Å². The summed E-state index contributed by atoms with van der Waals surface area (Å²) in [5.74, 6) is 2.80. The highest BCUT2D eigenvalue weighted by molar-refractivity contribution is 5.84. The number of rotatable bonds is 3. The lowest BCUT2D eigenvalue weighted by Gasteiger charge is -2.61. The molecule has 4 fully saturated rings. The molecule has 0 aliphatic heterocycles. The van der Waals surface area contributed by atoms with Crippen molar-refractivity contribution in [2.75, 3.05) is 0 Å². The molecule has 8 atom stereocenters. The number of hydrogen-bond acceptors (Lipinski definition) is 2. The fourth-order valence-electron chi connectivity index (χ4n) is 8.91. The average Bonchev–Trinajstić information content (AvgIpc) is 3.07. The first-order chi connectivity index (χ1) is 14.6. The number of hydrogen-bond donors (Lipinski definition) is 1. The van der Waals surface area contributed by atoms with Gasteiger partial charge in [-0.25, -0.2) is 4.39 Å². The molecule has 1 aromatic carbocycles. The summed E-state index contributed by atoms with van der Waals surface area (Å²) in [6.07, 6.45) is 10.2. The Balaban J connectivity index is 1.35. The molecule has 1 aromatic rings. The highest BCUT2D eigenvalue weighted by Crippen LogP contribution is 2.68. The van der Waals surface area contributed by atoms with Crippen molar-refractivity contribution in [3.63, 3.8) is 0 Å². The molecule has 1 N–H and O–H groups in total. The van der Waals surface area contributed by atoms with E-state index >= 15 is 0 Å². The third kappa shape index (κ3) is 3.41. The predicted molar refractivity (Wildman–Crippen MR) is 121 cm³/mol. The maximum atomic E-state index is 14.2. The van der Waals surface area contributed by atoms with Gasteiger partial charge in [0.25, 0.3) is 0 Å². The number of ketones is 1. The van der Waals surface area contributed by atoms with Crippen molar-refractivity contribution >= 4 is 5.78 Å². The van der Waals surface area contributed by atoms with Gasteiger partial charge in [0, 0.05) is 12.3 Å². The van der Waals surface area contributed by atoms with Crippen LogP contribution in [0.1, 0.15) is 84.1 Å². The van der Waals surface area contributed by atoms with Gasteiger partial charge in [-0.3, -0.25) is 4.79 Å². The van der Waals surface area contributed by atoms with Crippen LogP contribution in [-0.4, -0.2) is 16.5 Å². The van der Waals surface area contributed by atoms with Gasteiger partial charge in [0.15, 0.2) is 0 Å². The van der Waals surface area contributed by atoms with Gasteiger partial charge in [-0.15, -0.1) is 0 Å². The molecule has 0 radical (unpaired) electrons. The lowest BCUT2D eigenvalue weighted by atomic mass is 9.44. The molecule has 0 saturated heterocycles. The summed E-state index contributed by atoms with van der Waals surface area (Å²) >= 11 is 0. The van der Waals surface area contributed by atoms with E-state index in [1.165, 1.54) is 25.3 Å². The van der Waals surface area contributed by atoms with E-state index in [1.807, 2.05) is 13.0 Å². The number of Topliss-reactive ketones (excluding diaryl/α,β-unsaturated/α-hetero) is 1. The molecule has 0 bridgehead atoms. The van der Waals surface area contributed by atoms with Crippen molar-refractivity contribution in [2.24, 2.45) is 40.4 Å². The first-order valence-corrected chi connectivity index (χ1v) is 12.6. The Hall–Kier alpha value is -1.22. The lowest BCUT2D eigenvalue weighted by Crippen LogP contribution is -2.55. The normalized spacial score (nSPS) is 46.7. The summed E-state index contributed by atoms with van der Waals surface area (Å²) in [5.41, 5.74) is 0.488. The van der Waals surface area contributed by atoms with Crippen molar-refractivity contribution in [1.82, 2.24) is 0 Å². The number of halogens is 1. The topological polar surface area (TPSA) is 37.3 Å². The molecule has 0 unspecified atom stereocenters. The van der Waals surface area contributed by atoms with E-state index in [2.05, 4.69) is 13.8 Å². The van der Waals surface area contributed by atoms with Crippen LogP contribution in [0.5, 0.6) is 0 Å². The highest BCUT2D eigenvalue weighted by Gasteiger charge is 2.61. The van der Waals surface area contributed by atoms with Crippen LogP contribution >= 0.6 is 0 Å². The highest BCUT2D eigenvalue weighted by atomic mass is 19.1. The quantitative estimate of drug-likeness (QED) is 0.612. The SMILES string of the molecule is C[C@@]1(O)CC[C@@]2(C)[C@@H](CC[C@@H]3[C@@H]2CC[C@]2(C)[C@@H](C(=O)Cc4ccccc4F)CC[C@@H]32)C1. The zero-order chi connectivity index (χ0) is 22.0. The Morgan fingerprint density at radius 3 is 2.48 bits per heavy atom. The first-order valence-electron chi connectivity index (χ1n) is 12.6. The van der Waals surface area contributed by atoms with Crippen molar-refractivity contribution in [3.05, 3.63) is 35.6 Å². The van der Waals surface area contributed by atoms with Crippen LogP contribution in [0.3, 0.4) is 0 Å². The number of carbonyl (C=O) groups is 1. The molecule has 4 saturated carbocycles. The van der Waals surface area contributed by atoms with E-state index in [-0.39, 0.29) is 29.4 Å². The number of aliphatic hydroxyl groups is 1. The molecule has 0 heterocycles. The molecular formula is C28H39FO2. The maximum absolute atomic E-state index is 14.2. The van der Waals surface area contributed by atoms with E-state index in [1.54, 1.807) is 12.1 Å². The van der Waals surface area contributed by atoms with E-state index in [0.29, 0.717) is 28.7 Å². The second-order valence-electron chi connectivity index (χ2n) is 12.3. The summed E-state index contributed by atoms with van der Waals surface area (Å²) in [6.45, 7) is 6.92. The second-order valence-corrected chi connectivity index (χ2v) is 12.3. The molecule has 5 rings (SSSR count).